The number of para-hydroxylation sites is 1. The molecule has 0 aromatic heterocycles. The molecule has 2 aliphatic heterocycles. The van der Waals surface area contributed by atoms with E-state index in [0.29, 0.717) is 11.3 Å². The number of carbonyl (C=O) groups excluding carboxylic acids is 2. The highest BCUT2D eigenvalue weighted by Gasteiger charge is 2.45. The average molecular weight is 391 g/mol. The van der Waals surface area contributed by atoms with Crippen LogP contribution in [0.25, 0.3) is 6.08 Å². The van der Waals surface area contributed by atoms with Crippen LogP contribution in [0.1, 0.15) is 36.2 Å². The van der Waals surface area contributed by atoms with Crippen molar-refractivity contribution in [3.8, 4) is 0 Å². The summed E-state index contributed by atoms with van der Waals surface area (Å²) >= 11 is 0. The first-order valence-electron chi connectivity index (χ1n) is 9.84. The Bertz CT molecular complexity index is 943. The third kappa shape index (κ3) is 3.57. The van der Waals surface area contributed by atoms with E-state index in [1.165, 1.54) is 6.08 Å². The van der Waals surface area contributed by atoms with Crippen molar-refractivity contribution >= 4 is 23.6 Å². The monoisotopic (exact) mass is 391 g/mol. The number of rotatable bonds is 2. The van der Waals surface area contributed by atoms with E-state index in [0.717, 1.165) is 12.0 Å². The SMILES string of the molecule is C[C@@H]1C[C@H](C)O[C@@H]2N(C(=O)/C=C/c3ccccc3)c3ccccc3C(=O)N(C)N12. The number of nitrogens with zero attached hydrogens (tertiary/aromatic N) is 3. The third-order valence-corrected chi connectivity index (χ3v) is 5.42. The zero-order valence-electron chi connectivity index (χ0n) is 16.9. The summed E-state index contributed by atoms with van der Waals surface area (Å²) in [6.07, 6.45) is 3.36. The van der Waals surface area contributed by atoms with Gasteiger partial charge in [-0.1, -0.05) is 42.5 Å². The summed E-state index contributed by atoms with van der Waals surface area (Å²) < 4.78 is 6.21. The summed E-state index contributed by atoms with van der Waals surface area (Å²) in [5.41, 5.74) is 1.97. The van der Waals surface area contributed by atoms with Crippen LogP contribution in [0.15, 0.2) is 60.7 Å². The predicted octanol–water partition coefficient (Wildman–Crippen LogP) is 3.52. The standard InChI is InChI=1S/C23H25N3O3/c1-16-15-17(2)29-23-25(21(27)14-13-18-9-5-4-6-10-18)20-12-8-7-11-19(20)22(28)24(3)26(16)23/h4-14,16-17,23H,15H2,1-3H3/b14-13+/t16-,17+,23-/m1/s1. The van der Waals surface area contributed by atoms with Crippen LogP contribution in [0.4, 0.5) is 5.69 Å². The molecule has 6 heteroatoms. The zero-order valence-corrected chi connectivity index (χ0v) is 16.9. The Kier molecular flexibility index (Phi) is 5.22. The average Bonchev–Trinajstić information content (AvgIpc) is 2.81. The minimum absolute atomic E-state index is 0.0339. The van der Waals surface area contributed by atoms with Crippen molar-refractivity contribution < 1.29 is 14.3 Å². The summed E-state index contributed by atoms with van der Waals surface area (Å²) in [6, 6.07) is 16.9. The van der Waals surface area contributed by atoms with Gasteiger partial charge in [-0.15, -0.1) is 0 Å². The van der Waals surface area contributed by atoms with Gasteiger partial charge in [-0.2, -0.15) is 5.01 Å². The van der Waals surface area contributed by atoms with Crippen molar-refractivity contribution in [3.63, 3.8) is 0 Å². The van der Waals surface area contributed by atoms with Gasteiger partial charge in [0.25, 0.3) is 11.8 Å². The fourth-order valence-electron chi connectivity index (χ4n) is 4.06. The quantitative estimate of drug-likeness (QED) is 0.735. The number of anilines is 1. The van der Waals surface area contributed by atoms with Gasteiger partial charge in [0.2, 0.25) is 6.35 Å². The third-order valence-electron chi connectivity index (χ3n) is 5.42. The van der Waals surface area contributed by atoms with Crippen molar-refractivity contribution in [1.29, 1.82) is 0 Å². The molecule has 0 N–H and O–H groups in total. The van der Waals surface area contributed by atoms with Crippen molar-refractivity contribution in [2.75, 3.05) is 11.9 Å². The molecule has 0 unspecified atom stereocenters. The Morgan fingerprint density at radius 2 is 1.76 bits per heavy atom. The van der Waals surface area contributed by atoms with E-state index in [-0.39, 0.29) is 24.0 Å². The van der Waals surface area contributed by atoms with Crippen LogP contribution in [0.5, 0.6) is 0 Å². The van der Waals surface area contributed by atoms with Crippen molar-refractivity contribution in [3.05, 3.63) is 71.8 Å². The second-order valence-electron chi connectivity index (χ2n) is 7.54. The lowest BCUT2D eigenvalue weighted by Crippen LogP contribution is -2.64. The lowest BCUT2D eigenvalue weighted by Gasteiger charge is -2.48. The fraction of sp³-hybridized carbons (Fsp3) is 0.304. The molecule has 1 saturated heterocycles. The van der Waals surface area contributed by atoms with Crippen molar-refractivity contribution in [2.24, 2.45) is 0 Å². The number of carbonyl (C=O) groups is 2. The van der Waals surface area contributed by atoms with Crippen LogP contribution >= 0.6 is 0 Å². The number of hydrogen-bond acceptors (Lipinski definition) is 4. The lowest BCUT2D eigenvalue weighted by molar-refractivity contribution is -0.213. The molecule has 0 saturated carbocycles. The van der Waals surface area contributed by atoms with E-state index in [4.69, 9.17) is 4.74 Å². The van der Waals surface area contributed by atoms with Gasteiger partial charge in [0.15, 0.2) is 0 Å². The van der Waals surface area contributed by atoms with Gasteiger partial charge in [0.05, 0.1) is 17.4 Å². The summed E-state index contributed by atoms with van der Waals surface area (Å²) in [7, 11) is 1.73. The van der Waals surface area contributed by atoms with Crippen LogP contribution in [-0.2, 0) is 9.53 Å². The fourth-order valence-corrected chi connectivity index (χ4v) is 4.06. The normalized spacial score (nSPS) is 24.9. The van der Waals surface area contributed by atoms with E-state index in [2.05, 4.69) is 0 Å². The van der Waals surface area contributed by atoms with Gasteiger partial charge < -0.3 is 4.74 Å². The zero-order chi connectivity index (χ0) is 20.5. The topological polar surface area (TPSA) is 53.1 Å². The lowest BCUT2D eigenvalue weighted by atomic mass is 10.1. The Morgan fingerprint density at radius 3 is 2.52 bits per heavy atom. The molecule has 2 heterocycles. The van der Waals surface area contributed by atoms with Gasteiger partial charge in [-0.05, 0) is 44.0 Å². The molecular formula is C23H25N3O3. The number of fused-ring (bicyclic) bond motifs is 2. The highest BCUT2D eigenvalue weighted by Crippen LogP contribution is 2.35. The highest BCUT2D eigenvalue weighted by molar-refractivity contribution is 6.09. The van der Waals surface area contributed by atoms with Gasteiger partial charge in [0.1, 0.15) is 0 Å². The van der Waals surface area contributed by atoms with E-state index in [9.17, 15) is 9.59 Å². The highest BCUT2D eigenvalue weighted by atomic mass is 16.5. The van der Waals surface area contributed by atoms with E-state index >= 15 is 0 Å². The number of hydrazine groups is 1. The summed E-state index contributed by atoms with van der Waals surface area (Å²) in [4.78, 5) is 28.1. The van der Waals surface area contributed by atoms with Crippen LogP contribution in [-0.4, -0.2) is 47.4 Å². The molecule has 0 spiro atoms. The Hall–Kier alpha value is -2.96. The van der Waals surface area contributed by atoms with Crippen LogP contribution in [0.3, 0.4) is 0 Å². The van der Waals surface area contributed by atoms with Gasteiger partial charge in [0, 0.05) is 19.2 Å². The first-order chi connectivity index (χ1) is 14.0. The maximum absolute atomic E-state index is 13.4. The number of ether oxygens (including phenoxy) is 1. The molecule has 6 nitrogen and oxygen atoms in total. The molecule has 150 valence electrons. The van der Waals surface area contributed by atoms with Crippen molar-refractivity contribution in [2.45, 2.75) is 38.8 Å². The largest absolute Gasteiger partial charge is 0.340 e. The molecule has 1 fully saturated rings. The molecule has 3 atom stereocenters. The molecular weight excluding hydrogens is 366 g/mol. The number of amides is 2. The van der Waals surface area contributed by atoms with Crippen molar-refractivity contribution in [1.82, 2.24) is 10.0 Å². The molecule has 29 heavy (non-hydrogen) atoms. The Morgan fingerprint density at radius 1 is 1.07 bits per heavy atom. The molecule has 2 amide bonds. The van der Waals surface area contributed by atoms with E-state index < -0.39 is 6.35 Å². The van der Waals surface area contributed by atoms with Gasteiger partial charge in [-0.3, -0.25) is 19.5 Å². The molecule has 2 aromatic carbocycles. The number of hydrogen-bond donors (Lipinski definition) is 0. The van der Waals surface area contributed by atoms with Gasteiger partial charge in [-0.25, -0.2) is 0 Å². The second-order valence-corrected chi connectivity index (χ2v) is 7.54. The smallest absolute Gasteiger partial charge is 0.270 e. The van der Waals surface area contributed by atoms with Crippen LogP contribution in [0, 0.1) is 0 Å². The summed E-state index contributed by atoms with van der Waals surface area (Å²) in [5.74, 6) is -0.390. The predicted molar refractivity (Wildman–Crippen MR) is 112 cm³/mol. The Balaban J connectivity index is 1.79. The first-order valence-corrected chi connectivity index (χ1v) is 9.84. The molecule has 2 aliphatic rings. The maximum Gasteiger partial charge on any atom is 0.270 e. The number of benzene rings is 2. The Labute approximate surface area is 170 Å². The van der Waals surface area contributed by atoms with Crippen LogP contribution < -0.4 is 4.90 Å². The molecule has 4 rings (SSSR count). The molecule has 0 bridgehead atoms. The minimum atomic E-state index is -0.695. The van der Waals surface area contributed by atoms with E-state index in [1.54, 1.807) is 35.2 Å². The maximum atomic E-state index is 13.4. The molecule has 0 aliphatic carbocycles. The van der Waals surface area contributed by atoms with E-state index in [1.807, 2.05) is 61.3 Å². The minimum Gasteiger partial charge on any atom is -0.340 e. The van der Waals surface area contributed by atoms with Gasteiger partial charge >= 0.3 is 0 Å². The molecule has 0 radical (unpaired) electrons. The van der Waals surface area contributed by atoms with Crippen LogP contribution in [0.2, 0.25) is 0 Å². The second kappa shape index (κ2) is 7.81. The first kappa shape index (κ1) is 19.4. The summed E-state index contributed by atoms with van der Waals surface area (Å²) in [5, 5.41) is 3.44. The molecule has 2 aromatic rings. The summed E-state index contributed by atoms with van der Waals surface area (Å²) in [6.45, 7) is 4.04.